The van der Waals surface area contributed by atoms with Crippen molar-refractivity contribution < 1.29 is 12.8 Å². The molecule has 1 N–H and O–H groups in total. The molecule has 0 amide bonds. The van der Waals surface area contributed by atoms with E-state index in [1.165, 1.54) is 19.1 Å². The number of nitrogens with one attached hydrogen (secondary N) is 1. The Bertz CT molecular complexity index is 1270. The Hall–Kier alpha value is -2.75. The van der Waals surface area contributed by atoms with E-state index in [9.17, 15) is 22.4 Å². The Morgan fingerprint density at radius 2 is 1.89 bits per heavy atom. The van der Waals surface area contributed by atoms with Gasteiger partial charge in [-0.25, -0.2) is 22.2 Å². The normalized spacial score (nSPS) is 13.4. The fraction of sp³-hybridized carbons (Fsp3) is 0.389. The van der Waals surface area contributed by atoms with Crippen molar-refractivity contribution in [3.05, 3.63) is 50.8 Å². The molecule has 3 aromatic rings. The topological polar surface area (TPSA) is 107 Å². The largest absolute Gasteiger partial charge is 0.329 e. The molecule has 0 saturated heterocycles. The summed E-state index contributed by atoms with van der Waals surface area (Å²) in [6, 6.07) is 4.61. The Morgan fingerprint density at radius 1 is 1.21 bits per heavy atom. The molecule has 1 unspecified atom stereocenters. The molecule has 0 aliphatic heterocycles. The van der Waals surface area contributed by atoms with Crippen LogP contribution in [0.15, 0.2) is 34.0 Å². The number of H-pyrrole nitrogens is 1. The van der Waals surface area contributed by atoms with Gasteiger partial charge in [-0.05, 0) is 44.5 Å². The fourth-order valence-electron chi connectivity index (χ4n) is 3.16. The van der Waals surface area contributed by atoms with Gasteiger partial charge in [-0.3, -0.25) is 9.48 Å². The minimum absolute atomic E-state index is 0.000867. The van der Waals surface area contributed by atoms with Crippen molar-refractivity contribution in [2.45, 2.75) is 38.9 Å². The lowest BCUT2D eigenvalue weighted by Crippen LogP contribution is -2.37. The Morgan fingerprint density at radius 3 is 2.46 bits per heavy atom. The Kier molecular flexibility index (Phi) is 5.00. The first-order valence-corrected chi connectivity index (χ1v) is 10.7. The summed E-state index contributed by atoms with van der Waals surface area (Å²) in [6.45, 7) is 5.21. The Balaban J connectivity index is 2.38. The first-order valence-electron chi connectivity index (χ1n) is 8.66. The average Bonchev–Trinajstić information content (AvgIpc) is 3.06. The van der Waals surface area contributed by atoms with Gasteiger partial charge in [0.1, 0.15) is 12.0 Å². The Labute approximate surface area is 160 Å². The third kappa shape index (κ3) is 3.64. The van der Waals surface area contributed by atoms with Gasteiger partial charge in [-0.15, -0.1) is 0 Å². The van der Waals surface area contributed by atoms with Crippen LogP contribution in [0.3, 0.4) is 0 Å². The lowest BCUT2D eigenvalue weighted by molar-refractivity contribution is 0.375. The van der Waals surface area contributed by atoms with Crippen molar-refractivity contribution >= 4 is 20.7 Å². The summed E-state index contributed by atoms with van der Waals surface area (Å²) in [5, 5.41) is 4.35. The van der Waals surface area contributed by atoms with Crippen LogP contribution in [-0.2, 0) is 15.7 Å². The van der Waals surface area contributed by atoms with Crippen molar-refractivity contribution in [3.63, 3.8) is 0 Å². The highest BCUT2D eigenvalue weighted by atomic mass is 32.2. The van der Waals surface area contributed by atoms with Crippen LogP contribution in [-0.4, -0.2) is 34.0 Å². The third-order valence-electron chi connectivity index (χ3n) is 4.38. The molecule has 10 heteroatoms. The second kappa shape index (κ2) is 7.01. The minimum Gasteiger partial charge on any atom is -0.307 e. The van der Waals surface area contributed by atoms with Crippen LogP contribution in [0.2, 0.25) is 0 Å². The van der Waals surface area contributed by atoms with Crippen molar-refractivity contribution in [2.75, 3.05) is 6.26 Å². The van der Waals surface area contributed by atoms with Gasteiger partial charge in [0, 0.05) is 24.1 Å². The van der Waals surface area contributed by atoms with Crippen LogP contribution in [0.25, 0.3) is 22.2 Å². The standard InChI is InChI=1S/C18H21FN4O4S/c1-10(2)23-16(5-6-20-23)13-7-14-15(8-12(13)11(3)19)21-18(25)22(17(14)24)9-28(4,26)27/h5-8,10-11H,9H2,1-4H3,(H,21,25). The van der Waals surface area contributed by atoms with E-state index in [2.05, 4.69) is 10.1 Å². The van der Waals surface area contributed by atoms with E-state index in [-0.39, 0.29) is 16.9 Å². The van der Waals surface area contributed by atoms with E-state index in [1.807, 2.05) is 13.8 Å². The molecule has 28 heavy (non-hydrogen) atoms. The number of aromatic nitrogens is 4. The number of hydrogen-bond acceptors (Lipinski definition) is 5. The third-order valence-corrected chi connectivity index (χ3v) is 5.11. The molecule has 1 aromatic carbocycles. The molecule has 2 aromatic heterocycles. The zero-order valence-corrected chi connectivity index (χ0v) is 16.7. The van der Waals surface area contributed by atoms with Gasteiger partial charge in [0.15, 0.2) is 9.84 Å². The summed E-state index contributed by atoms with van der Waals surface area (Å²) in [5.74, 6) is -0.738. The molecule has 8 nitrogen and oxygen atoms in total. The monoisotopic (exact) mass is 408 g/mol. The molecule has 0 bridgehead atoms. The zero-order chi connectivity index (χ0) is 20.8. The van der Waals surface area contributed by atoms with Crippen molar-refractivity contribution in [1.82, 2.24) is 19.3 Å². The number of sulfone groups is 1. The molecule has 1 atom stereocenters. The van der Waals surface area contributed by atoms with Gasteiger partial charge in [0.2, 0.25) is 0 Å². The summed E-state index contributed by atoms with van der Waals surface area (Å²) in [7, 11) is -3.61. The average molecular weight is 408 g/mol. The molecule has 0 aliphatic carbocycles. The van der Waals surface area contributed by atoms with Crippen LogP contribution in [0.1, 0.15) is 38.5 Å². The number of halogens is 1. The highest BCUT2D eigenvalue weighted by Crippen LogP contribution is 2.33. The van der Waals surface area contributed by atoms with Crippen molar-refractivity contribution in [1.29, 1.82) is 0 Å². The zero-order valence-electron chi connectivity index (χ0n) is 15.9. The maximum Gasteiger partial charge on any atom is 0.329 e. The summed E-state index contributed by atoms with van der Waals surface area (Å²) < 4.78 is 39.9. The predicted octanol–water partition coefficient (Wildman–Crippen LogP) is 2.17. The molecular weight excluding hydrogens is 387 g/mol. The molecule has 0 fully saturated rings. The fourth-order valence-corrected chi connectivity index (χ4v) is 3.86. The van der Waals surface area contributed by atoms with Gasteiger partial charge in [-0.1, -0.05) is 0 Å². The second-order valence-corrected chi connectivity index (χ2v) is 9.18. The van der Waals surface area contributed by atoms with Crippen LogP contribution in [0, 0.1) is 0 Å². The van der Waals surface area contributed by atoms with Crippen LogP contribution >= 0.6 is 0 Å². The predicted molar refractivity (Wildman–Crippen MR) is 105 cm³/mol. The van der Waals surface area contributed by atoms with Crippen molar-refractivity contribution in [3.8, 4) is 11.3 Å². The summed E-state index contributed by atoms with van der Waals surface area (Å²) in [6.07, 6.45) is 1.15. The van der Waals surface area contributed by atoms with Gasteiger partial charge < -0.3 is 4.98 Å². The number of nitrogens with zero attached hydrogens (tertiary/aromatic N) is 3. The quantitative estimate of drug-likeness (QED) is 0.696. The number of alkyl halides is 1. The number of rotatable bonds is 5. The molecule has 3 rings (SSSR count). The summed E-state index contributed by atoms with van der Waals surface area (Å²) in [5.41, 5.74) is -0.0794. The van der Waals surface area contributed by atoms with Gasteiger partial charge in [0.05, 0.1) is 16.6 Å². The lowest BCUT2D eigenvalue weighted by Gasteiger charge is -2.16. The number of benzene rings is 1. The molecule has 2 heterocycles. The summed E-state index contributed by atoms with van der Waals surface area (Å²) >= 11 is 0. The van der Waals surface area contributed by atoms with Crippen LogP contribution in [0.4, 0.5) is 4.39 Å². The van der Waals surface area contributed by atoms with Gasteiger partial charge in [0.25, 0.3) is 5.56 Å². The number of fused-ring (bicyclic) bond motifs is 1. The van der Waals surface area contributed by atoms with Gasteiger partial charge in [-0.2, -0.15) is 5.10 Å². The molecule has 0 radical (unpaired) electrons. The van der Waals surface area contributed by atoms with E-state index in [0.717, 1.165) is 6.26 Å². The minimum atomic E-state index is -3.61. The van der Waals surface area contributed by atoms with E-state index < -0.39 is 33.1 Å². The smallest absolute Gasteiger partial charge is 0.307 e. The van der Waals surface area contributed by atoms with Crippen LogP contribution < -0.4 is 11.2 Å². The summed E-state index contributed by atoms with van der Waals surface area (Å²) in [4.78, 5) is 27.5. The molecule has 0 saturated carbocycles. The number of aromatic amines is 1. The first-order chi connectivity index (χ1) is 13.0. The second-order valence-electron chi connectivity index (χ2n) is 7.07. The van der Waals surface area contributed by atoms with E-state index in [1.54, 1.807) is 16.9 Å². The first kappa shape index (κ1) is 20.0. The van der Waals surface area contributed by atoms with Crippen molar-refractivity contribution in [2.24, 2.45) is 0 Å². The maximum atomic E-state index is 14.4. The van der Waals surface area contributed by atoms with E-state index in [0.29, 0.717) is 21.4 Å². The van der Waals surface area contributed by atoms with Crippen LogP contribution in [0.5, 0.6) is 0 Å². The van der Waals surface area contributed by atoms with Gasteiger partial charge >= 0.3 is 5.69 Å². The highest BCUT2D eigenvalue weighted by molar-refractivity contribution is 7.89. The maximum absolute atomic E-state index is 14.4. The molecule has 0 spiro atoms. The molecular formula is C18H21FN4O4S. The lowest BCUT2D eigenvalue weighted by atomic mass is 9.98. The van der Waals surface area contributed by atoms with E-state index in [4.69, 9.17) is 0 Å². The molecule has 150 valence electrons. The number of hydrogen-bond donors (Lipinski definition) is 1. The SMILES string of the molecule is CC(F)c1cc2[nH]c(=O)n(CS(C)(=O)=O)c(=O)c2cc1-c1ccnn1C(C)C. The van der Waals surface area contributed by atoms with E-state index >= 15 is 0 Å². The molecule has 0 aliphatic rings. The highest BCUT2D eigenvalue weighted by Gasteiger charge is 2.20.